The van der Waals surface area contributed by atoms with Crippen molar-refractivity contribution < 1.29 is 23.5 Å². The van der Waals surface area contributed by atoms with Crippen LogP contribution >= 0.6 is 0 Å². The molecule has 0 aromatic rings. The molecule has 1 amide bonds. The van der Waals surface area contributed by atoms with Crippen LogP contribution < -0.4 is 5.32 Å². The molecule has 1 fully saturated rings. The minimum absolute atomic E-state index is 0.0522. The molecule has 3 atom stereocenters. The van der Waals surface area contributed by atoms with E-state index in [1.807, 2.05) is 14.8 Å². The van der Waals surface area contributed by atoms with Gasteiger partial charge in [0.05, 0.1) is 13.0 Å². The molecule has 22 heavy (non-hydrogen) atoms. The van der Waals surface area contributed by atoms with E-state index in [1.54, 1.807) is 0 Å². The van der Waals surface area contributed by atoms with E-state index in [0.717, 1.165) is 0 Å². The molecule has 0 bridgehead atoms. The fourth-order valence-corrected chi connectivity index (χ4v) is 2.92. The van der Waals surface area contributed by atoms with Crippen LogP contribution in [0.4, 0.5) is 0 Å². The molecule has 0 unspecified atom stereocenters. The SMILES string of the molecule is B[C@H]1C[C@@H](OC(=O)CCC(=O)NCC)[C@@H](CO[Si](C)(C)C)O1. The summed E-state index contributed by atoms with van der Waals surface area (Å²) in [4.78, 5) is 23.2. The smallest absolute Gasteiger partial charge is 0.306 e. The van der Waals surface area contributed by atoms with Crippen molar-refractivity contribution in [3.05, 3.63) is 0 Å². The Labute approximate surface area is 134 Å². The number of ether oxygens (including phenoxy) is 2. The summed E-state index contributed by atoms with van der Waals surface area (Å²) in [5, 5.41) is 2.66. The Morgan fingerprint density at radius 1 is 1.32 bits per heavy atom. The fraction of sp³-hybridized carbons (Fsp3) is 0.857. The molecule has 0 aromatic carbocycles. The maximum absolute atomic E-state index is 11.9. The second kappa shape index (κ2) is 8.69. The highest BCUT2D eigenvalue weighted by atomic mass is 28.4. The molecule has 0 spiro atoms. The first kappa shape index (κ1) is 19.2. The molecule has 8 heteroatoms. The first-order valence-electron chi connectivity index (χ1n) is 7.97. The molecular formula is C14H28BNO5Si. The largest absolute Gasteiger partial charge is 0.459 e. The van der Waals surface area contributed by atoms with Crippen LogP contribution in [0.15, 0.2) is 0 Å². The number of carbonyl (C=O) groups is 2. The molecule has 1 rings (SSSR count). The molecule has 1 aliphatic rings. The molecule has 0 aliphatic carbocycles. The zero-order chi connectivity index (χ0) is 16.8. The average molecular weight is 329 g/mol. The fourth-order valence-electron chi connectivity index (χ4n) is 2.25. The predicted octanol–water partition coefficient (Wildman–Crippen LogP) is 0.414. The lowest BCUT2D eigenvalue weighted by molar-refractivity contribution is -0.153. The number of esters is 1. The van der Waals surface area contributed by atoms with E-state index in [0.29, 0.717) is 19.6 Å². The van der Waals surface area contributed by atoms with Gasteiger partial charge >= 0.3 is 5.97 Å². The highest BCUT2D eigenvalue weighted by Gasteiger charge is 2.36. The van der Waals surface area contributed by atoms with Gasteiger partial charge in [-0.2, -0.15) is 0 Å². The third kappa shape index (κ3) is 7.42. The second-order valence-electron chi connectivity index (χ2n) is 6.63. The summed E-state index contributed by atoms with van der Waals surface area (Å²) in [6, 6.07) is 0.0522. The Balaban J connectivity index is 2.40. The van der Waals surface area contributed by atoms with Crippen molar-refractivity contribution in [2.24, 2.45) is 0 Å². The van der Waals surface area contributed by atoms with Crippen LogP contribution in [0.3, 0.4) is 0 Å². The molecule has 1 saturated heterocycles. The van der Waals surface area contributed by atoms with Gasteiger partial charge in [0.25, 0.3) is 0 Å². The molecule has 0 aromatic heterocycles. The van der Waals surface area contributed by atoms with E-state index < -0.39 is 8.32 Å². The van der Waals surface area contributed by atoms with Gasteiger partial charge in [-0.3, -0.25) is 9.59 Å². The van der Waals surface area contributed by atoms with E-state index >= 15 is 0 Å². The van der Waals surface area contributed by atoms with Crippen molar-refractivity contribution in [2.75, 3.05) is 13.2 Å². The van der Waals surface area contributed by atoms with Crippen LogP contribution in [-0.4, -0.2) is 59.4 Å². The highest BCUT2D eigenvalue weighted by Crippen LogP contribution is 2.23. The molecule has 0 saturated carbocycles. The topological polar surface area (TPSA) is 73.9 Å². The zero-order valence-electron chi connectivity index (χ0n) is 14.3. The summed E-state index contributed by atoms with van der Waals surface area (Å²) < 4.78 is 17.1. The first-order valence-corrected chi connectivity index (χ1v) is 11.4. The van der Waals surface area contributed by atoms with E-state index in [2.05, 4.69) is 25.0 Å². The third-order valence-electron chi connectivity index (χ3n) is 3.28. The normalized spacial score (nSPS) is 25.0. The van der Waals surface area contributed by atoms with Crippen molar-refractivity contribution in [3.8, 4) is 0 Å². The van der Waals surface area contributed by atoms with Crippen molar-refractivity contribution in [1.82, 2.24) is 5.32 Å². The highest BCUT2D eigenvalue weighted by molar-refractivity contribution is 6.69. The Morgan fingerprint density at radius 3 is 2.59 bits per heavy atom. The standard InChI is InChI=1S/C14H28BNO5Si/c1-5-16-13(17)6-7-14(18)21-10-8-12(15)20-11(10)9-19-22(2,3)4/h10-12H,5-9,15H2,1-4H3,(H,16,17)/t10-,11-,12-/m1/s1. The summed E-state index contributed by atoms with van der Waals surface area (Å²) in [6.45, 7) is 9.19. The lowest BCUT2D eigenvalue weighted by atomic mass is 9.96. The van der Waals surface area contributed by atoms with Gasteiger partial charge in [0.1, 0.15) is 20.1 Å². The van der Waals surface area contributed by atoms with E-state index in [4.69, 9.17) is 13.9 Å². The number of amides is 1. The Hall–Kier alpha value is -0.858. The lowest BCUT2D eigenvalue weighted by Gasteiger charge is -2.24. The van der Waals surface area contributed by atoms with E-state index in [9.17, 15) is 9.59 Å². The van der Waals surface area contributed by atoms with Crippen molar-refractivity contribution in [2.45, 2.75) is 64.0 Å². The average Bonchev–Trinajstić information content (AvgIpc) is 2.74. The van der Waals surface area contributed by atoms with Crippen LogP contribution in [0, 0.1) is 0 Å². The van der Waals surface area contributed by atoms with Crippen LogP contribution in [0.2, 0.25) is 19.6 Å². The van der Waals surface area contributed by atoms with Crippen molar-refractivity contribution >= 4 is 28.0 Å². The van der Waals surface area contributed by atoms with Gasteiger partial charge in [0, 0.05) is 25.4 Å². The van der Waals surface area contributed by atoms with E-state index in [1.165, 1.54) is 0 Å². The third-order valence-corrected chi connectivity index (χ3v) is 4.31. The van der Waals surface area contributed by atoms with Crippen molar-refractivity contribution in [1.29, 1.82) is 0 Å². The second-order valence-corrected chi connectivity index (χ2v) is 11.1. The number of hydrogen-bond acceptors (Lipinski definition) is 5. The molecule has 126 valence electrons. The van der Waals surface area contributed by atoms with Crippen LogP contribution in [0.5, 0.6) is 0 Å². The van der Waals surface area contributed by atoms with Gasteiger partial charge in [-0.1, -0.05) is 0 Å². The monoisotopic (exact) mass is 329 g/mol. The maximum Gasteiger partial charge on any atom is 0.306 e. The lowest BCUT2D eigenvalue weighted by Crippen LogP contribution is -2.36. The summed E-state index contributed by atoms with van der Waals surface area (Å²) in [5.41, 5.74) is 0. The number of nitrogens with one attached hydrogen (secondary N) is 1. The zero-order valence-corrected chi connectivity index (χ0v) is 15.3. The van der Waals surface area contributed by atoms with Gasteiger partial charge in [0.15, 0.2) is 8.32 Å². The van der Waals surface area contributed by atoms with E-state index in [-0.39, 0.29) is 42.9 Å². The Morgan fingerprint density at radius 2 is 2.00 bits per heavy atom. The molecule has 1 heterocycles. The quantitative estimate of drug-likeness (QED) is 0.516. The molecule has 6 nitrogen and oxygen atoms in total. The summed E-state index contributed by atoms with van der Waals surface area (Å²) >= 11 is 0. The number of carbonyl (C=O) groups excluding carboxylic acids is 2. The maximum atomic E-state index is 11.9. The minimum Gasteiger partial charge on any atom is -0.459 e. The minimum atomic E-state index is -1.63. The van der Waals surface area contributed by atoms with Crippen LogP contribution in [0.1, 0.15) is 26.2 Å². The first-order chi connectivity index (χ1) is 10.2. The summed E-state index contributed by atoms with van der Waals surface area (Å²) in [5.74, 6) is -0.485. The van der Waals surface area contributed by atoms with Crippen molar-refractivity contribution in [3.63, 3.8) is 0 Å². The van der Waals surface area contributed by atoms with Gasteiger partial charge in [-0.05, 0) is 26.6 Å². The van der Waals surface area contributed by atoms with Gasteiger partial charge in [-0.25, -0.2) is 0 Å². The van der Waals surface area contributed by atoms with Crippen LogP contribution in [0.25, 0.3) is 0 Å². The van der Waals surface area contributed by atoms with Gasteiger partial charge in [-0.15, -0.1) is 0 Å². The Kier molecular flexibility index (Phi) is 7.58. The molecule has 0 radical (unpaired) electrons. The predicted molar refractivity (Wildman–Crippen MR) is 88.9 cm³/mol. The molecule has 1 aliphatic heterocycles. The summed E-state index contributed by atoms with van der Waals surface area (Å²) in [7, 11) is 0.333. The number of hydrogen-bond donors (Lipinski definition) is 1. The van der Waals surface area contributed by atoms with Gasteiger partial charge in [0.2, 0.25) is 5.91 Å². The number of rotatable bonds is 8. The van der Waals surface area contributed by atoms with Gasteiger partial charge < -0.3 is 19.2 Å². The van der Waals surface area contributed by atoms with Crippen LogP contribution in [-0.2, 0) is 23.5 Å². The summed E-state index contributed by atoms with van der Waals surface area (Å²) in [6.07, 6.45) is 0.430. The molecular weight excluding hydrogens is 301 g/mol. The molecule has 1 N–H and O–H groups in total. The Bertz CT molecular complexity index is 388.